The molecule has 5 rings (SSSR count). The third-order valence-corrected chi connectivity index (χ3v) is 8.02. The van der Waals surface area contributed by atoms with E-state index in [1.54, 1.807) is 6.07 Å². The fourth-order valence-corrected chi connectivity index (χ4v) is 5.75. The van der Waals surface area contributed by atoms with Gasteiger partial charge in [0.1, 0.15) is 5.75 Å². The summed E-state index contributed by atoms with van der Waals surface area (Å²) < 4.78 is 0. The minimum atomic E-state index is 0.235. The van der Waals surface area contributed by atoms with E-state index >= 15 is 0 Å². The number of benzene rings is 1. The molecule has 0 spiro atoms. The van der Waals surface area contributed by atoms with E-state index in [2.05, 4.69) is 55.3 Å². The van der Waals surface area contributed by atoms with Crippen LogP contribution >= 0.6 is 0 Å². The van der Waals surface area contributed by atoms with Crippen molar-refractivity contribution in [3.05, 3.63) is 30.3 Å². The summed E-state index contributed by atoms with van der Waals surface area (Å²) in [4.78, 5) is 10.2. The molecule has 0 aliphatic carbocycles. The number of likely N-dealkylation sites (N-methyl/N-ethyl adjacent to an activating group) is 1. The summed E-state index contributed by atoms with van der Waals surface area (Å²) >= 11 is 0. The van der Waals surface area contributed by atoms with Crippen LogP contribution in [0.3, 0.4) is 0 Å². The van der Waals surface area contributed by atoms with Crippen molar-refractivity contribution in [2.45, 2.75) is 37.8 Å². The number of hydrogen-bond donors (Lipinski definition) is 2. The number of nitrogens with one attached hydrogen (secondary N) is 1. The Morgan fingerprint density at radius 2 is 1.79 bits per heavy atom. The van der Waals surface area contributed by atoms with Gasteiger partial charge >= 0.3 is 0 Å². The third-order valence-electron chi connectivity index (χ3n) is 8.02. The summed E-state index contributed by atoms with van der Waals surface area (Å²) in [6.07, 6.45) is 5.18. The zero-order chi connectivity index (χ0) is 23.5. The van der Waals surface area contributed by atoms with Gasteiger partial charge in [-0.25, -0.2) is 0 Å². The van der Waals surface area contributed by atoms with Gasteiger partial charge in [0.05, 0.1) is 11.4 Å². The summed E-state index contributed by atoms with van der Waals surface area (Å²) in [6, 6.07) is 10.8. The topological polar surface area (TPSA) is 71.0 Å². The van der Waals surface area contributed by atoms with E-state index in [1.165, 1.54) is 51.9 Å². The molecule has 1 aromatic heterocycles. The van der Waals surface area contributed by atoms with Crippen LogP contribution in [-0.2, 0) is 0 Å². The second-order valence-electron chi connectivity index (χ2n) is 10.2. The minimum absolute atomic E-state index is 0.235. The molecule has 2 fully saturated rings. The van der Waals surface area contributed by atoms with Gasteiger partial charge in [-0.05, 0) is 84.2 Å². The molecule has 8 heteroatoms. The highest BCUT2D eigenvalue weighted by Gasteiger charge is 2.29. The van der Waals surface area contributed by atoms with Crippen molar-refractivity contribution in [2.75, 3.05) is 76.7 Å². The maximum absolute atomic E-state index is 10.3. The molecule has 2 aromatic rings. The highest BCUT2D eigenvalue weighted by Crippen LogP contribution is 2.33. The third kappa shape index (κ3) is 5.14. The lowest BCUT2D eigenvalue weighted by Crippen LogP contribution is -2.51. The molecule has 34 heavy (non-hydrogen) atoms. The van der Waals surface area contributed by atoms with Crippen molar-refractivity contribution >= 4 is 11.5 Å². The van der Waals surface area contributed by atoms with Gasteiger partial charge in [0, 0.05) is 43.8 Å². The molecule has 0 saturated carbocycles. The van der Waals surface area contributed by atoms with E-state index < -0.39 is 0 Å². The predicted molar refractivity (Wildman–Crippen MR) is 138 cm³/mol. The number of aromatic nitrogens is 2. The zero-order valence-electron chi connectivity index (χ0n) is 20.7. The highest BCUT2D eigenvalue weighted by atomic mass is 16.3. The lowest BCUT2D eigenvalue weighted by atomic mass is 9.97. The van der Waals surface area contributed by atoms with E-state index in [0.29, 0.717) is 11.7 Å². The molecule has 0 bridgehead atoms. The number of para-hydroxylation sites is 1. The maximum atomic E-state index is 10.3. The van der Waals surface area contributed by atoms with Crippen molar-refractivity contribution in [2.24, 2.45) is 0 Å². The molecule has 2 N–H and O–H groups in total. The average Bonchev–Trinajstić information content (AvgIpc) is 2.88. The largest absolute Gasteiger partial charge is 0.507 e. The quantitative estimate of drug-likeness (QED) is 0.675. The van der Waals surface area contributed by atoms with E-state index in [1.807, 2.05) is 18.2 Å². The molecular weight excluding hydrogens is 426 g/mol. The van der Waals surface area contributed by atoms with E-state index in [4.69, 9.17) is 0 Å². The first-order valence-corrected chi connectivity index (χ1v) is 12.9. The van der Waals surface area contributed by atoms with Gasteiger partial charge < -0.3 is 30.0 Å². The Hall–Kier alpha value is -2.42. The molecule has 0 amide bonds. The van der Waals surface area contributed by atoms with Crippen LogP contribution in [-0.4, -0.2) is 109 Å². The Labute approximate surface area is 203 Å². The molecule has 184 valence electrons. The Balaban J connectivity index is 1.17. The van der Waals surface area contributed by atoms with Crippen molar-refractivity contribution in [3.63, 3.8) is 0 Å². The van der Waals surface area contributed by atoms with Crippen LogP contribution in [0.4, 0.5) is 11.5 Å². The first-order valence-electron chi connectivity index (χ1n) is 12.9. The normalized spacial score (nSPS) is 21.0. The second-order valence-corrected chi connectivity index (χ2v) is 10.2. The molecule has 1 aromatic carbocycles. The van der Waals surface area contributed by atoms with Gasteiger partial charge in [-0.1, -0.05) is 12.1 Å². The molecule has 0 radical (unpaired) electrons. The fraction of sp³-hybridized carbons (Fsp3) is 0.615. The summed E-state index contributed by atoms with van der Waals surface area (Å²) in [7, 11) is 4.53. The maximum Gasteiger partial charge on any atom is 0.172 e. The number of fused-ring (bicyclic) bond motifs is 1. The lowest BCUT2D eigenvalue weighted by Gasteiger charge is -2.43. The number of hydrogen-bond acceptors (Lipinski definition) is 8. The molecule has 4 heterocycles. The molecular formula is C26H39N7O. The van der Waals surface area contributed by atoms with Gasteiger partial charge in [-0.15, -0.1) is 10.2 Å². The van der Waals surface area contributed by atoms with Crippen LogP contribution in [0, 0.1) is 0 Å². The van der Waals surface area contributed by atoms with Crippen molar-refractivity contribution in [1.82, 2.24) is 24.9 Å². The monoisotopic (exact) mass is 465 g/mol. The van der Waals surface area contributed by atoms with Crippen LogP contribution in [0.5, 0.6) is 5.75 Å². The number of rotatable bonds is 6. The van der Waals surface area contributed by atoms with E-state index in [9.17, 15) is 5.11 Å². The average molecular weight is 466 g/mol. The zero-order valence-corrected chi connectivity index (χ0v) is 20.7. The fourth-order valence-electron chi connectivity index (χ4n) is 5.75. The van der Waals surface area contributed by atoms with Crippen molar-refractivity contribution < 1.29 is 5.11 Å². The van der Waals surface area contributed by atoms with E-state index in [-0.39, 0.29) is 5.75 Å². The predicted octanol–water partition coefficient (Wildman–Crippen LogP) is 2.57. The summed E-state index contributed by atoms with van der Waals surface area (Å²) in [5.41, 5.74) is 2.50. The van der Waals surface area contributed by atoms with Gasteiger partial charge in [-0.2, -0.15) is 0 Å². The highest BCUT2D eigenvalue weighted by molar-refractivity contribution is 5.75. The van der Waals surface area contributed by atoms with Gasteiger partial charge in [-0.3, -0.25) is 0 Å². The Morgan fingerprint density at radius 3 is 2.56 bits per heavy atom. The number of aromatic hydroxyl groups is 1. The number of anilines is 2. The summed E-state index contributed by atoms with van der Waals surface area (Å²) in [5.74, 6) is 1.07. The molecule has 0 atom stereocenters. The second kappa shape index (κ2) is 10.5. The molecule has 3 aliphatic rings. The van der Waals surface area contributed by atoms with Crippen LogP contribution in [0.2, 0.25) is 0 Å². The number of likely N-dealkylation sites (tertiary alicyclic amines) is 2. The van der Waals surface area contributed by atoms with Gasteiger partial charge in [0.2, 0.25) is 0 Å². The van der Waals surface area contributed by atoms with Crippen molar-refractivity contribution in [1.29, 1.82) is 0 Å². The van der Waals surface area contributed by atoms with Crippen LogP contribution < -0.4 is 10.2 Å². The molecule has 2 saturated heterocycles. The number of phenolic OH excluding ortho intramolecular Hbond substituents is 1. The minimum Gasteiger partial charge on any atom is -0.507 e. The standard InChI is InChI=1S/C26H39N7O/c1-30-12-7-21(8-13-30)32-14-9-20(10-15-32)31(2)17-18-33-16-11-27-26-24(33)19-23(28-29-26)22-5-3-4-6-25(22)34/h3-6,19-21,34H,7-18H2,1-2H3,(H,27,29). The van der Waals surface area contributed by atoms with Crippen LogP contribution in [0.1, 0.15) is 25.7 Å². The number of phenols is 1. The lowest BCUT2D eigenvalue weighted by molar-refractivity contribution is 0.0680. The molecule has 0 unspecified atom stereocenters. The first kappa shape index (κ1) is 23.3. The SMILES string of the molecule is CN1CCC(N2CCC(N(C)CCN3CCNc4nnc(-c5ccccc5O)cc43)CC2)CC1. The Bertz CT molecular complexity index is 954. The van der Waals surface area contributed by atoms with E-state index in [0.717, 1.165) is 49.3 Å². The molecule has 3 aliphatic heterocycles. The number of nitrogens with zero attached hydrogens (tertiary/aromatic N) is 6. The van der Waals surface area contributed by atoms with Gasteiger partial charge in [0.15, 0.2) is 5.82 Å². The van der Waals surface area contributed by atoms with Crippen molar-refractivity contribution in [3.8, 4) is 17.0 Å². The Kier molecular flexibility index (Phi) is 7.18. The van der Waals surface area contributed by atoms with Crippen LogP contribution in [0.25, 0.3) is 11.3 Å². The first-order chi connectivity index (χ1) is 16.6. The summed E-state index contributed by atoms with van der Waals surface area (Å²) in [5, 5.41) is 22.4. The number of piperidine rings is 2. The van der Waals surface area contributed by atoms with Gasteiger partial charge in [0.25, 0.3) is 0 Å². The summed E-state index contributed by atoms with van der Waals surface area (Å²) in [6.45, 7) is 8.77. The molecule has 8 nitrogen and oxygen atoms in total. The Morgan fingerprint density at radius 1 is 1.03 bits per heavy atom. The smallest absolute Gasteiger partial charge is 0.172 e. The van der Waals surface area contributed by atoms with Crippen LogP contribution in [0.15, 0.2) is 30.3 Å².